The van der Waals surface area contributed by atoms with Crippen molar-refractivity contribution in [1.82, 2.24) is 10.2 Å². The number of piperazine rings is 1. The van der Waals surface area contributed by atoms with Gasteiger partial charge in [-0.2, -0.15) is 0 Å². The fourth-order valence-corrected chi connectivity index (χ4v) is 3.54. The largest absolute Gasteiger partial charge is 0.496 e. The average Bonchev–Trinajstić information content (AvgIpc) is 2.58. The van der Waals surface area contributed by atoms with Gasteiger partial charge in [-0.25, -0.2) is 0 Å². The lowest BCUT2D eigenvalue weighted by atomic mass is 9.95. The zero-order chi connectivity index (χ0) is 16.2. The molecule has 1 unspecified atom stereocenters. The molecular weight excluding hydrogens is 376 g/mol. The van der Waals surface area contributed by atoms with Gasteiger partial charge in [0, 0.05) is 41.2 Å². The predicted molar refractivity (Wildman–Crippen MR) is 98.4 cm³/mol. The molecule has 1 heterocycles. The molecule has 0 aliphatic carbocycles. The summed E-state index contributed by atoms with van der Waals surface area (Å²) in [6, 6.07) is 14.5. The number of nitrogens with zero attached hydrogens (tertiary/aromatic N) is 1. The highest BCUT2D eigenvalue weighted by Gasteiger charge is 2.26. The van der Waals surface area contributed by atoms with Crippen LogP contribution in [-0.2, 0) is 0 Å². The SMILES string of the molecule is COc1ccc(Cl)cc1C(c1ccc(Br)cc1)N1CCNCC1. The predicted octanol–water partition coefficient (Wildman–Crippen LogP) is 4.11. The topological polar surface area (TPSA) is 24.5 Å². The van der Waals surface area contributed by atoms with Crippen LogP contribution in [0.15, 0.2) is 46.9 Å². The highest BCUT2D eigenvalue weighted by Crippen LogP contribution is 2.36. The smallest absolute Gasteiger partial charge is 0.124 e. The molecule has 0 spiro atoms. The Morgan fingerprint density at radius 1 is 1.13 bits per heavy atom. The molecule has 0 bridgehead atoms. The van der Waals surface area contributed by atoms with Crippen molar-refractivity contribution >= 4 is 27.5 Å². The van der Waals surface area contributed by atoms with Crippen LogP contribution in [0.1, 0.15) is 17.2 Å². The van der Waals surface area contributed by atoms with Crippen molar-refractivity contribution in [1.29, 1.82) is 0 Å². The van der Waals surface area contributed by atoms with Crippen molar-refractivity contribution in [2.24, 2.45) is 0 Å². The highest BCUT2D eigenvalue weighted by atomic mass is 79.9. The first-order chi connectivity index (χ1) is 11.2. The molecule has 122 valence electrons. The molecule has 1 aliphatic heterocycles. The van der Waals surface area contributed by atoms with Crippen LogP contribution in [0.2, 0.25) is 5.02 Å². The number of hydrogen-bond acceptors (Lipinski definition) is 3. The van der Waals surface area contributed by atoms with Gasteiger partial charge in [-0.05, 0) is 35.9 Å². The molecule has 1 aliphatic rings. The summed E-state index contributed by atoms with van der Waals surface area (Å²) < 4.78 is 6.69. The summed E-state index contributed by atoms with van der Waals surface area (Å²) in [6.07, 6.45) is 0. The molecule has 0 saturated carbocycles. The molecule has 1 saturated heterocycles. The monoisotopic (exact) mass is 394 g/mol. The second-order valence-electron chi connectivity index (χ2n) is 5.63. The number of rotatable bonds is 4. The van der Waals surface area contributed by atoms with Crippen LogP contribution in [0.3, 0.4) is 0 Å². The molecule has 23 heavy (non-hydrogen) atoms. The number of halogens is 2. The Bertz CT molecular complexity index is 657. The Balaban J connectivity index is 2.07. The number of methoxy groups -OCH3 is 1. The maximum atomic E-state index is 6.28. The number of benzene rings is 2. The zero-order valence-electron chi connectivity index (χ0n) is 13.1. The Labute approximate surface area is 150 Å². The zero-order valence-corrected chi connectivity index (χ0v) is 15.4. The maximum Gasteiger partial charge on any atom is 0.124 e. The molecule has 2 aromatic rings. The molecule has 1 atom stereocenters. The Morgan fingerprint density at radius 3 is 2.48 bits per heavy atom. The lowest BCUT2D eigenvalue weighted by Crippen LogP contribution is -2.45. The van der Waals surface area contributed by atoms with Gasteiger partial charge in [-0.15, -0.1) is 0 Å². The van der Waals surface area contributed by atoms with E-state index in [0.29, 0.717) is 0 Å². The van der Waals surface area contributed by atoms with Gasteiger partial charge in [0.15, 0.2) is 0 Å². The lowest BCUT2D eigenvalue weighted by molar-refractivity contribution is 0.195. The van der Waals surface area contributed by atoms with E-state index in [4.69, 9.17) is 16.3 Å². The van der Waals surface area contributed by atoms with Crippen molar-refractivity contribution in [3.8, 4) is 5.75 Å². The summed E-state index contributed by atoms with van der Waals surface area (Å²) >= 11 is 9.79. The summed E-state index contributed by atoms with van der Waals surface area (Å²) in [5, 5.41) is 4.15. The van der Waals surface area contributed by atoms with E-state index in [2.05, 4.69) is 50.4 Å². The van der Waals surface area contributed by atoms with E-state index in [1.54, 1.807) is 7.11 Å². The van der Waals surface area contributed by atoms with E-state index >= 15 is 0 Å². The second-order valence-corrected chi connectivity index (χ2v) is 6.98. The molecule has 5 heteroatoms. The van der Waals surface area contributed by atoms with Crippen molar-refractivity contribution in [3.63, 3.8) is 0 Å². The molecule has 3 nitrogen and oxygen atoms in total. The summed E-state index contributed by atoms with van der Waals surface area (Å²) in [5.41, 5.74) is 2.36. The van der Waals surface area contributed by atoms with Crippen molar-refractivity contribution in [3.05, 3.63) is 63.1 Å². The number of hydrogen-bond donors (Lipinski definition) is 1. The van der Waals surface area contributed by atoms with Crippen molar-refractivity contribution in [2.75, 3.05) is 33.3 Å². The molecule has 0 amide bonds. The van der Waals surface area contributed by atoms with Crippen molar-refractivity contribution in [2.45, 2.75) is 6.04 Å². The summed E-state index contributed by atoms with van der Waals surface area (Å²) in [6.45, 7) is 3.98. The molecule has 3 rings (SSSR count). The molecular formula is C18H20BrClN2O. The molecule has 1 N–H and O–H groups in total. The molecule has 1 fully saturated rings. The normalized spacial score (nSPS) is 17.0. The molecule has 2 aromatic carbocycles. The standard InChI is InChI=1S/C18H20BrClN2O/c1-23-17-7-6-15(20)12-16(17)18(22-10-8-21-9-11-22)13-2-4-14(19)5-3-13/h2-7,12,18,21H,8-11H2,1H3. The fraction of sp³-hybridized carbons (Fsp3) is 0.333. The minimum Gasteiger partial charge on any atom is -0.496 e. The van der Waals surface area contributed by atoms with Gasteiger partial charge in [0.1, 0.15) is 5.75 Å². The van der Waals surface area contributed by atoms with Gasteiger partial charge in [-0.1, -0.05) is 39.7 Å². The van der Waals surface area contributed by atoms with E-state index in [-0.39, 0.29) is 6.04 Å². The van der Waals surface area contributed by atoms with Crippen LogP contribution >= 0.6 is 27.5 Å². The summed E-state index contributed by atoms with van der Waals surface area (Å²) in [7, 11) is 1.71. The lowest BCUT2D eigenvalue weighted by Gasteiger charge is -2.36. The Hall–Kier alpha value is -1.07. The molecule has 0 aromatic heterocycles. The van der Waals surface area contributed by atoms with E-state index in [9.17, 15) is 0 Å². The quantitative estimate of drug-likeness (QED) is 0.843. The number of nitrogens with one attached hydrogen (secondary N) is 1. The van der Waals surface area contributed by atoms with Crippen LogP contribution in [0.5, 0.6) is 5.75 Å². The van der Waals surface area contributed by atoms with E-state index in [1.807, 2.05) is 18.2 Å². The van der Waals surface area contributed by atoms with Gasteiger partial charge < -0.3 is 10.1 Å². The Kier molecular flexibility index (Phi) is 5.59. The van der Waals surface area contributed by atoms with Crippen LogP contribution in [0.4, 0.5) is 0 Å². The van der Waals surface area contributed by atoms with Crippen LogP contribution < -0.4 is 10.1 Å². The van der Waals surface area contributed by atoms with Gasteiger partial charge in [-0.3, -0.25) is 4.90 Å². The van der Waals surface area contributed by atoms with E-state index < -0.39 is 0 Å². The average molecular weight is 396 g/mol. The fourth-order valence-electron chi connectivity index (χ4n) is 3.09. The minimum atomic E-state index is 0.138. The molecule has 0 radical (unpaired) electrons. The third-order valence-corrected chi connectivity index (χ3v) is 4.95. The highest BCUT2D eigenvalue weighted by molar-refractivity contribution is 9.10. The second kappa shape index (κ2) is 7.67. The first kappa shape index (κ1) is 16.8. The van der Waals surface area contributed by atoms with Crippen LogP contribution in [0.25, 0.3) is 0 Å². The third-order valence-electron chi connectivity index (χ3n) is 4.19. The van der Waals surface area contributed by atoms with Crippen LogP contribution in [0, 0.1) is 0 Å². The minimum absolute atomic E-state index is 0.138. The van der Waals surface area contributed by atoms with Gasteiger partial charge >= 0.3 is 0 Å². The van der Waals surface area contributed by atoms with E-state index in [0.717, 1.165) is 47.0 Å². The van der Waals surface area contributed by atoms with Crippen molar-refractivity contribution < 1.29 is 4.74 Å². The summed E-state index contributed by atoms with van der Waals surface area (Å²) in [4.78, 5) is 2.48. The van der Waals surface area contributed by atoms with Gasteiger partial charge in [0.2, 0.25) is 0 Å². The maximum absolute atomic E-state index is 6.28. The summed E-state index contributed by atoms with van der Waals surface area (Å²) in [5.74, 6) is 0.876. The Morgan fingerprint density at radius 2 is 1.83 bits per heavy atom. The van der Waals surface area contributed by atoms with Gasteiger partial charge in [0.05, 0.1) is 13.2 Å². The van der Waals surface area contributed by atoms with Gasteiger partial charge in [0.25, 0.3) is 0 Å². The number of ether oxygens (including phenoxy) is 1. The van der Waals surface area contributed by atoms with Crippen LogP contribution in [-0.4, -0.2) is 38.2 Å². The van der Waals surface area contributed by atoms with E-state index in [1.165, 1.54) is 5.56 Å². The first-order valence-electron chi connectivity index (χ1n) is 7.72. The first-order valence-corrected chi connectivity index (χ1v) is 8.90. The third kappa shape index (κ3) is 3.89.